The minimum absolute atomic E-state index is 0.107. The third-order valence-electron chi connectivity index (χ3n) is 6.17. The topological polar surface area (TPSA) is 43.4 Å². The van der Waals surface area contributed by atoms with Gasteiger partial charge in [-0.3, -0.25) is 9.59 Å². The molecule has 4 unspecified atom stereocenters. The molecule has 0 heterocycles. The normalized spacial score (nSPS) is 70.5. The molecule has 2 bridgehead atoms. The molecule has 0 spiro atoms. The van der Waals surface area contributed by atoms with Crippen LogP contribution in [0.4, 0.5) is 0 Å². The minimum Gasteiger partial charge on any atom is -0.458 e. The number of carbonyl (C=O) groups excluding carboxylic acids is 2. The van der Waals surface area contributed by atoms with Crippen molar-refractivity contribution in [1.82, 2.24) is 0 Å². The van der Waals surface area contributed by atoms with Gasteiger partial charge in [0, 0.05) is 31.1 Å². The summed E-state index contributed by atoms with van der Waals surface area (Å²) in [5, 5.41) is 0. The van der Waals surface area contributed by atoms with Gasteiger partial charge in [-0.15, -0.1) is 0 Å². The van der Waals surface area contributed by atoms with Crippen LogP contribution in [0, 0.1) is 35.5 Å². The molecule has 4 heteroatoms. The fraction of sp³-hybridized carbons (Fsp3) is 0.833. The summed E-state index contributed by atoms with van der Waals surface area (Å²) in [4.78, 5) is 23.1. The Labute approximate surface area is 101 Å². The van der Waals surface area contributed by atoms with Gasteiger partial charge in [0.15, 0.2) is 0 Å². The molecule has 0 N–H and O–H groups in total. The molecule has 0 aromatic carbocycles. The van der Waals surface area contributed by atoms with Crippen molar-refractivity contribution in [2.75, 3.05) is 0 Å². The Morgan fingerprint density at radius 3 is 2.50 bits per heavy atom. The lowest BCUT2D eigenvalue weighted by molar-refractivity contribution is -0.501. The number of esters is 1. The quantitative estimate of drug-likeness (QED) is 0.535. The largest absolute Gasteiger partial charge is 0.458 e. The predicted molar refractivity (Wildman–Crippen MR) is 56.7 cm³/mol. The molecule has 0 saturated heterocycles. The van der Waals surface area contributed by atoms with Crippen LogP contribution >= 0.6 is 15.9 Å². The minimum atomic E-state index is -0.205. The first-order valence-corrected chi connectivity index (χ1v) is 6.75. The van der Waals surface area contributed by atoms with E-state index in [1.165, 1.54) is 6.92 Å². The summed E-state index contributed by atoms with van der Waals surface area (Å²) in [6.45, 7) is 1.50. The summed E-state index contributed by atoms with van der Waals surface area (Å²) in [7, 11) is 0. The number of halogens is 1. The van der Waals surface area contributed by atoms with Gasteiger partial charge in [0.25, 0.3) is 0 Å². The molecule has 16 heavy (non-hydrogen) atoms. The molecule has 0 aliphatic heterocycles. The van der Waals surface area contributed by atoms with Gasteiger partial charge in [-0.2, -0.15) is 0 Å². The predicted octanol–water partition coefficient (Wildman–Crippen LogP) is 1.15. The second kappa shape index (κ2) is 1.92. The molecule has 84 valence electrons. The second-order valence-electron chi connectivity index (χ2n) is 6.14. The highest BCUT2D eigenvalue weighted by Crippen LogP contribution is 2.96. The Morgan fingerprint density at radius 2 is 1.94 bits per heavy atom. The van der Waals surface area contributed by atoms with Crippen LogP contribution in [-0.2, 0) is 14.3 Å². The summed E-state index contributed by atoms with van der Waals surface area (Å²) in [6, 6.07) is 0. The number of hydrogen-bond donors (Lipinski definition) is 0. The molecule has 3 nitrogen and oxygen atoms in total. The van der Waals surface area contributed by atoms with Crippen molar-refractivity contribution in [3.05, 3.63) is 0 Å². The first-order chi connectivity index (χ1) is 7.54. The van der Waals surface area contributed by atoms with Gasteiger partial charge < -0.3 is 4.74 Å². The number of fused-ring (bicyclic) bond motifs is 1. The third-order valence-corrected chi connectivity index (χ3v) is 7.67. The van der Waals surface area contributed by atoms with Gasteiger partial charge in [-0.1, -0.05) is 15.9 Å². The molecule has 6 rings (SSSR count). The molecule has 6 aliphatic rings. The number of carbonyl (C=O) groups is 2. The Bertz CT molecular complexity index is 465. The summed E-state index contributed by atoms with van der Waals surface area (Å²) in [5.74, 6) is 3.25. The maximum Gasteiger partial charge on any atom is 0.303 e. The van der Waals surface area contributed by atoms with Crippen molar-refractivity contribution < 1.29 is 14.3 Å². The number of ketones is 1. The van der Waals surface area contributed by atoms with Gasteiger partial charge >= 0.3 is 5.97 Å². The van der Waals surface area contributed by atoms with Crippen molar-refractivity contribution in [3.63, 3.8) is 0 Å². The zero-order chi connectivity index (χ0) is 11.0. The van der Waals surface area contributed by atoms with E-state index < -0.39 is 0 Å². The van der Waals surface area contributed by atoms with Crippen molar-refractivity contribution >= 4 is 27.7 Å². The van der Waals surface area contributed by atoms with Crippen LogP contribution in [0.25, 0.3) is 0 Å². The standard InChI is InChI=1S/C12H11BrO3/c1-3(14)16-12-6-4-2-5(15)11(13)8(6)10(12)9(11)7(4)12/h4,6-10H,2H2,1H3/t4?,6-,7-,8-,9+,10?,11?,12?/m1/s1. The highest BCUT2D eigenvalue weighted by atomic mass is 79.9. The van der Waals surface area contributed by atoms with Crippen LogP contribution in [0.5, 0.6) is 0 Å². The summed E-state index contributed by atoms with van der Waals surface area (Å²) < 4.78 is 5.39. The van der Waals surface area contributed by atoms with Crippen molar-refractivity contribution in [2.45, 2.75) is 23.3 Å². The van der Waals surface area contributed by atoms with Crippen molar-refractivity contribution in [2.24, 2.45) is 35.5 Å². The summed E-state index contributed by atoms with van der Waals surface area (Å²) >= 11 is 3.70. The Kier molecular flexibility index (Phi) is 1.04. The zero-order valence-corrected chi connectivity index (χ0v) is 10.4. The second-order valence-corrected chi connectivity index (χ2v) is 7.45. The van der Waals surface area contributed by atoms with Crippen LogP contribution in [0.3, 0.4) is 0 Å². The Hall–Kier alpha value is -0.380. The highest BCUT2D eigenvalue weighted by molar-refractivity contribution is 9.10. The lowest BCUT2D eigenvalue weighted by Gasteiger charge is -2.97. The van der Waals surface area contributed by atoms with Crippen molar-refractivity contribution in [3.8, 4) is 0 Å². The maximum absolute atomic E-state index is 12.0. The molecule has 0 aromatic heterocycles. The fourth-order valence-electron chi connectivity index (χ4n) is 6.13. The molecular weight excluding hydrogens is 272 g/mol. The lowest BCUT2D eigenvalue weighted by atomic mass is 9.09. The van der Waals surface area contributed by atoms with Gasteiger partial charge in [0.2, 0.25) is 0 Å². The van der Waals surface area contributed by atoms with E-state index >= 15 is 0 Å². The van der Waals surface area contributed by atoms with Crippen LogP contribution in [0.15, 0.2) is 0 Å². The molecule has 0 aromatic rings. The summed E-state index contributed by atoms with van der Waals surface area (Å²) in [6.07, 6.45) is 0.712. The van der Waals surface area contributed by atoms with E-state index in [1.54, 1.807) is 0 Å². The first-order valence-electron chi connectivity index (χ1n) is 5.96. The average molecular weight is 283 g/mol. The lowest BCUT2D eigenvalue weighted by Crippen LogP contribution is -3.05. The van der Waals surface area contributed by atoms with Crippen LogP contribution in [-0.4, -0.2) is 21.7 Å². The van der Waals surface area contributed by atoms with E-state index in [2.05, 4.69) is 15.9 Å². The van der Waals surface area contributed by atoms with E-state index in [4.69, 9.17) is 4.74 Å². The van der Waals surface area contributed by atoms with E-state index in [1.807, 2.05) is 0 Å². The van der Waals surface area contributed by atoms with Crippen LogP contribution in [0.1, 0.15) is 13.3 Å². The first kappa shape index (κ1) is 8.67. The van der Waals surface area contributed by atoms with E-state index in [9.17, 15) is 9.59 Å². The van der Waals surface area contributed by atoms with Gasteiger partial charge in [0.1, 0.15) is 11.4 Å². The molecule has 6 saturated carbocycles. The maximum atomic E-state index is 12.0. The Morgan fingerprint density at radius 1 is 1.31 bits per heavy atom. The number of rotatable bonds is 1. The molecule has 6 fully saturated rings. The van der Waals surface area contributed by atoms with Gasteiger partial charge in [0.05, 0.1) is 4.32 Å². The molecular formula is C12H11BrO3. The van der Waals surface area contributed by atoms with Gasteiger partial charge in [-0.05, 0) is 17.8 Å². The van der Waals surface area contributed by atoms with E-state index in [0.29, 0.717) is 47.7 Å². The van der Waals surface area contributed by atoms with Crippen LogP contribution < -0.4 is 0 Å². The number of alkyl halides is 1. The summed E-state index contributed by atoms with van der Waals surface area (Å²) in [5.41, 5.74) is -0.107. The monoisotopic (exact) mass is 282 g/mol. The van der Waals surface area contributed by atoms with Gasteiger partial charge in [-0.25, -0.2) is 0 Å². The van der Waals surface area contributed by atoms with Crippen molar-refractivity contribution in [1.29, 1.82) is 0 Å². The zero-order valence-electron chi connectivity index (χ0n) is 8.77. The molecule has 6 aliphatic carbocycles. The highest BCUT2D eigenvalue weighted by Gasteiger charge is 3.02. The molecule has 0 amide bonds. The Balaban J connectivity index is 1.60. The molecule has 0 radical (unpaired) electrons. The smallest absolute Gasteiger partial charge is 0.303 e. The van der Waals surface area contributed by atoms with E-state index in [0.717, 1.165) is 0 Å². The third kappa shape index (κ3) is 0.461. The molecule has 8 atom stereocenters. The fourth-order valence-corrected chi connectivity index (χ4v) is 7.43. The number of hydrogen-bond acceptors (Lipinski definition) is 3. The number of ether oxygens (including phenoxy) is 1. The SMILES string of the molecule is CC(=O)OC12C3[C@@H]4[C@H]1C1CC(=O)C4(Br)[C@@H]3[C@@H]12. The average Bonchev–Trinajstić information content (AvgIpc) is 2.21. The number of Topliss-reactive ketones (excluding diaryl/α,β-unsaturated/α-hetero) is 1. The van der Waals surface area contributed by atoms with Crippen LogP contribution in [0.2, 0.25) is 0 Å². The van der Waals surface area contributed by atoms with E-state index in [-0.39, 0.29) is 15.9 Å².